The highest BCUT2D eigenvalue weighted by molar-refractivity contribution is 6.25. The Kier molecular flexibility index (Phi) is 3.96. The molecule has 0 radical (unpaired) electrons. The van der Waals surface area contributed by atoms with E-state index in [4.69, 9.17) is 16.3 Å². The van der Waals surface area contributed by atoms with Crippen LogP contribution in [0.15, 0.2) is 29.3 Å². The van der Waals surface area contributed by atoms with Crippen molar-refractivity contribution in [2.45, 2.75) is 13.8 Å². The van der Waals surface area contributed by atoms with Crippen molar-refractivity contribution in [3.63, 3.8) is 0 Å². The molecular weight excluding hydrogens is 203 g/mol. The summed E-state index contributed by atoms with van der Waals surface area (Å²) < 4.78 is 18.2. The lowest BCUT2D eigenvalue weighted by Gasteiger charge is -2.08. The van der Waals surface area contributed by atoms with Gasteiger partial charge in [-0.05, 0) is 31.1 Å². The highest BCUT2D eigenvalue weighted by atomic mass is 35.5. The third-order valence-corrected chi connectivity index (χ3v) is 2.16. The van der Waals surface area contributed by atoms with Gasteiger partial charge in [-0.2, -0.15) is 0 Å². The molecule has 0 aliphatic carbocycles. The highest BCUT2D eigenvalue weighted by Crippen LogP contribution is 2.19. The van der Waals surface area contributed by atoms with Crippen LogP contribution in [0.25, 0.3) is 0 Å². The van der Waals surface area contributed by atoms with Gasteiger partial charge in [-0.3, -0.25) is 0 Å². The molecule has 14 heavy (non-hydrogen) atoms. The number of hydrogen-bond acceptors (Lipinski definition) is 1. The maximum Gasteiger partial charge on any atom is 0.126 e. The monoisotopic (exact) mass is 214 g/mol. The molecule has 0 bridgehead atoms. The van der Waals surface area contributed by atoms with Crippen molar-refractivity contribution in [1.29, 1.82) is 0 Å². The van der Waals surface area contributed by atoms with Crippen molar-refractivity contribution in [1.82, 2.24) is 0 Å². The first-order valence-corrected chi connectivity index (χ1v) is 4.72. The number of halogens is 2. The van der Waals surface area contributed by atoms with Crippen LogP contribution in [-0.2, 0) is 0 Å². The quantitative estimate of drug-likeness (QED) is 0.746. The van der Waals surface area contributed by atoms with Crippen LogP contribution in [0.1, 0.15) is 12.5 Å². The van der Waals surface area contributed by atoms with Gasteiger partial charge in [0.2, 0.25) is 0 Å². The molecule has 1 nitrogen and oxygen atoms in total. The van der Waals surface area contributed by atoms with Crippen LogP contribution < -0.4 is 4.74 Å². The fourth-order valence-corrected chi connectivity index (χ4v) is 1.02. The Hall–Kier alpha value is -1.02. The molecule has 0 spiro atoms. The lowest BCUT2D eigenvalue weighted by atomic mass is 10.2. The summed E-state index contributed by atoms with van der Waals surface area (Å²) in [6.45, 7) is 4.10. The van der Waals surface area contributed by atoms with Crippen molar-refractivity contribution in [3.05, 3.63) is 40.7 Å². The first kappa shape index (κ1) is 11.1. The Morgan fingerprint density at radius 2 is 2.29 bits per heavy atom. The van der Waals surface area contributed by atoms with Gasteiger partial charge in [-0.1, -0.05) is 17.7 Å². The zero-order valence-corrected chi connectivity index (χ0v) is 8.94. The van der Waals surface area contributed by atoms with E-state index in [1.807, 2.05) is 13.8 Å². The van der Waals surface area contributed by atoms with Gasteiger partial charge in [0.1, 0.15) is 18.2 Å². The minimum atomic E-state index is -0.293. The van der Waals surface area contributed by atoms with E-state index >= 15 is 0 Å². The van der Waals surface area contributed by atoms with Gasteiger partial charge in [0.25, 0.3) is 0 Å². The number of aryl methyl sites for hydroxylation is 1. The average molecular weight is 215 g/mol. The van der Waals surface area contributed by atoms with Crippen LogP contribution in [0.3, 0.4) is 0 Å². The van der Waals surface area contributed by atoms with E-state index in [1.165, 1.54) is 17.7 Å². The second-order valence-corrected chi connectivity index (χ2v) is 3.37. The third-order valence-electron chi connectivity index (χ3n) is 1.79. The van der Waals surface area contributed by atoms with Crippen LogP contribution in [0.4, 0.5) is 4.39 Å². The molecule has 1 rings (SSSR count). The molecule has 3 heteroatoms. The molecule has 76 valence electrons. The summed E-state index contributed by atoms with van der Waals surface area (Å²) in [5.41, 5.74) is 3.26. The van der Waals surface area contributed by atoms with Gasteiger partial charge >= 0.3 is 0 Å². The average Bonchev–Trinajstić information content (AvgIpc) is 2.19. The minimum absolute atomic E-state index is 0.293. The Labute approximate surface area is 88.1 Å². The molecule has 0 atom stereocenters. The summed E-state index contributed by atoms with van der Waals surface area (Å²) in [5, 5.41) is 0. The van der Waals surface area contributed by atoms with Crippen LogP contribution in [0.2, 0.25) is 0 Å². The summed E-state index contributed by atoms with van der Waals surface area (Å²) in [4.78, 5) is 0. The van der Waals surface area contributed by atoms with Crippen molar-refractivity contribution >= 4 is 11.6 Å². The van der Waals surface area contributed by atoms with Gasteiger partial charge in [0.15, 0.2) is 0 Å². The largest absolute Gasteiger partial charge is 0.489 e. The maximum absolute atomic E-state index is 12.8. The van der Waals surface area contributed by atoms with Gasteiger partial charge in [-0.25, -0.2) is 4.39 Å². The molecule has 0 N–H and O–H groups in total. The van der Waals surface area contributed by atoms with Crippen LogP contribution in [0.5, 0.6) is 5.75 Å². The van der Waals surface area contributed by atoms with E-state index < -0.39 is 0 Å². The summed E-state index contributed by atoms with van der Waals surface area (Å²) >= 11 is 5.47. The first-order chi connectivity index (χ1) is 6.63. The van der Waals surface area contributed by atoms with Gasteiger partial charge in [0.05, 0.1) is 0 Å². The Balaban J connectivity index is 2.71. The molecule has 0 amide bonds. The van der Waals surface area contributed by atoms with Crippen LogP contribution in [-0.4, -0.2) is 6.61 Å². The van der Waals surface area contributed by atoms with Gasteiger partial charge in [0, 0.05) is 11.6 Å². The van der Waals surface area contributed by atoms with Crippen molar-refractivity contribution in [2.75, 3.05) is 6.61 Å². The first-order valence-electron chi connectivity index (χ1n) is 4.28. The van der Waals surface area contributed by atoms with Crippen molar-refractivity contribution in [2.24, 2.45) is 0 Å². The van der Waals surface area contributed by atoms with Crippen molar-refractivity contribution in [3.8, 4) is 5.75 Å². The standard InChI is InChI=1S/C11H12ClFO/c1-8(6-12)7-14-11-5-10(13)4-3-9(11)2/h3-6H,7H2,1-2H3/b8-6-. The summed E-state index contributed by atoms with van der Waals surface area (Å²) in [7, 11) is 0. The molecule has 0 aromatic heterocycles. The van der Waals surface area contributed by atoms with Gasteiger partial charge < -0.3 is 4.74 Å². The summed E-state index contributed by atoms with van der Waals surface area (Å²) in [6.07, 6.45) is 0. The number of rotatable bonds is 3. The van der Waals surface area contributed by atoms with E-state index in [1.54, 1.807) is 6.07 Å². The fourth-order valence-electron chi connectivity index (χ4n) is 0.953. The summed E-state index contributed by atoms with van der Waals surface area (Å²) in [6, 6.07) is 4.47. The Morgan fingerprint density at radius 1 is 1.57 bits per heavy atom. The molecule has 1 aromatic rings. The molecule has 0 unspecified atom stereocenters. The lowest BCUT2D eigenvalue weighted by molar-refractivity contribution is 0.348. The number of hydrogen-bond donors (Lipinski definition) is 0. The van der Waals surface area contributed by atoms with E-state index in [9.17, 15) is 4.39 Å². The fraction of sp³-hybridized carbons (Fsp3) is 0.273. The van der Waals surface area contributed by atoms with Crippen LogP contribution in [0, 0.1) is 12.7 Å². The molecule has 0 saturated carbocycles. The third kappa shape index (κ3) is 3.04. The van der Waals surface area contributed by atoms with E-state index in [-0.39, 0.29) is 5.82 Å². The molecule has 0 saturated heterocycles. The Bertz CT molecular complexity index is 347. The Morgan fingerprint density at radius 3 is 2.93 bits per heavy atom. The lowest BCUT2D eigenvalue weighted by Crippen LogP contribution is -1.99. The topological polar surface area (TPSA) is 9.23 Å². The normalized spacial score (nSPS) is 11.6. The SMILES string of the molecule is C/C(=C/Cl)COc1cc(F)ccc1C. The predicted octanol–water partition coefficient (Wildman–Crippen LogP) is 3.66. The molecular formula is C11H12ClFO. The van der Waals surface area contributed by atoms with E-state index in [0.29, 0.717) is 12.4 Å². The molecule has 1 aromatic carbocycles. The molecule has 0 aliphatic rings. The number of ether oxygens (including phenoxy) is 1. The number of benzene rings is 1. The summed E-state index contributed by atoms with van der Waals surface area (Å²) in [5.74, 6) is 0.265. The predicted molar refractivity (Wildman–Crippen MR) is 56.2 cm³/mol. The highest BCUT2D eigenvalue weighted by Gasteiger charge is 2.01. The maximum atomic E-state index is 12.8. The molecule has 0 fully saturated rings. The smallest absolute Gasteiger partial charge is 0.126 e. The molecule has 0 aliphatic heterocycles. The van der Waals surface area contributed by atoms with Gasteiger partial charge in [-0.15, -0.1) is 0 Å². The second kappa shape index (κ2) is 5.01. The van der Waals surface area contributed by atoms with E-state index in [2.05, 4.69) is 0 Å². The van der Waals surface area contributed by atoms with Crippen molar-refractivity contribution < 1.29 is 9.13 Å². The molecule has 0 heterocycles. The van der Waals surface area contributed by atoms with E-state index in [0.717, 1.165) is 11.1 Å². The minimum Gasteiger partial charge on any atom is -0.489 e. The second-order valence-electron chi connectivity index (χ2n) is 3.15. The zero-order chi connectivity index (χ0) is 10.6. The van der Waals surface area contributed by atoms with Crippen LogP contribution >= 0.6 is 11.6 Å². The zero-order valence-electron chi connectivity index (χ0n) is 8.18.